The molecule has 4 heteroatoms. The average molecular weight is 437 g/mol. The van der Waals surface area contributed by atoms with Gasteiger partial charge in [-0.1, -0.05) is 69.4 Å². The molecular weight excluding hydrogens is 400 g/mol. The second-order valence-electron chi connectivity index (χ2n) is 7.69. The number of esters is 1. The van der Waals surface area contributed by atoms with E-state index in [1.54, 1.807) is 25.3 Å². The topological polar surface area (TPSA) is 44.8 Å². The molecule has 0 saturated heterocycles. The van der Waals surface area contributed by atoms with E-state index in [-0.39, 0.29) is 12.6 Å². The lowest BCUT2D eigenvalue weighted by Crippen LogP contribution is -2.09. The van der Waals surface area contributed by atoms with Crippen molar-refractivity contribution in [3.8, 4) is 16.9 Å². The van der Waals surface area contributed by atoms with Crippen LogP contribution in [0.2, 0.25) is 0 Å². The van der Waals surface area contributed by atoms with E-state index in [1.807, 2.05) is 42.5 Å². The van der Waals surface area contributed by atoms with Gasteiger partial charge in [-0.25, -0.2) is 4.79 Å². The molecule has 0 atom stereocenters. The highest BCUT2D eigenvalue weighted by Gasteiger charge is 2.09. The van der Waals surface area contributed by atoms with Crippen molar-refractivity contribution in [1.82, 2.24) is 0 Å². The molecule has 0 N–H and O–H groups in total. The SMILES string of the molecule is C=CC/C=C(/COC(=O)c1ccc(-c2ccc(OCCCCCCCC)cc2)cc1)OC. The van der Waals surface area contributed by atoms with Gasteiger partial charge in [-0.15, -0.1) is 6.58 Å². The average Bonchev–Trinajstić information content (AvgIpc) is 2.84. The van der Waals surface area contributed by atoms with Gasteiger partial charge in [0.25, 0.3) is 0 Å². The molecule has 0 heterocycles. The number of benzene rings is 2. The summed E-state index contributed by atoms with van der Waals surface area (Å²) in [7, 11) is 1.56. The van der Waals surface area contributed by atoms with E-state index in [0.717, 1.165) is 29.9 Å². The van der Waals surface area contributed by atoms with Crippen molar-refractivity contribution in [2.45, 2.75) is 51.9 Å². The van der Waals surface area contributed by atoms with Gasteiger partial charge < -0.3 is 14.2 Å². The summed E-state index contributed by atoms with van der Waals surface area (Å²) in [6.45, 7) is 6.76. The molecule has 2 rings (SSSR count). The molecule has 172 valence electrons. The Labute approximate surface area is 192 Å². The molecule has 0 saturated carbocycles. The van der Waals surface area contributed by atoms with Crippen molar-refractivity contribution in [2.75, 3.05) is 20.3 Å². The van der Waals surface area contributed by atoms with Crippen LogP contribution in [0.3, 0.4) is 0 Å². The maximum absolute atomic E-state index is 12.3. The van der Waals surface area contributed by atoms with Crippen LogP contribution in [0.15, 0.2) is 73.0 Å². The number of unbranched alkanes of at least 4 members (excludes halogenated alkanes) is 5. The van der Waals surface area contributed by atoms with E-state index in [0.29, 0.717) is 17.7 Å². The Hall–Kier alpha value is -3.01. The maximum atomic E-state index is 12.3. The predicted molar refractivity (Wildman–Crippen MR) is 131 cm³/mol. The molecule has 0 fully saturated rings. The number of hydrogen-bond acceptors (Lipinski definition) is 4. The molecule has 0 aromatic heterocycles. The number of ether oxygens (including phenoxy) is 3. The molecule has 0 aliphatic carbocycles. The Morgan fingerprint density at radius 2 is 1.53 bits per heavy atom. The van der Waals surface area contributed by atoms with Crippen LogP contribution in [-0.4, -0.2) is 26.3 Å². The number of carbonyl (C=O) groups excluding carboxylic acids is 1. The lowest BCUT2D eigenvalue weighted by atomic mass is 10.0. The Balaban J connectivity index is 1.81. The van der Waals surface area contributed by atoms with Crippen molar-refractivity contribution in [1.29, 1.82) is 0 Å². The lowest BCUT2D eigenvalue weighted by molar-refractivity contribution is 0.0484. The number of rotatable bonds is 15. The summed E-state index contributed by atoms with van der Waals surface area (Å²) in [5.74, 6) is 1.12. The molecular formula is C28H36O4. The number of methoxy groups -OCH3 is 1. The molecule has 0 aliphatic rings. The van der Waals surface area contributed by atoms with E-state index in [2.05, 4.69) is 13.5 Å². The summed E-state index contributed by atoms with van der Waals surface area (Å²) < 4.78 is 16.4. The van der Waals surface area contributed by atoms with Crippen molar-refractivity contribution >= 4 is 5.97 Å². The minimum atomic E-state index is -0.378. The number of carbonyl (C=O) groups is 1. The number of allylic oxidation sites excluding steroid dienone is 2. The molecule has 2 aromatic carbocycles. The minimum absolute atomic E-state index is 0.102. The fourth-order valence-electron chi connectivity index (χ4n) is 3.25. The first kappa shape index (κ1) is 25.3. The van der Waals surface area contributed by atoms with Crippen LogP contribution in [0.5, 0.6) is 5.75 Å². The Morgan fingerprint density at radius 1 is 0.906 bits per heavy atom. The van der Waals surface area contributed by atoms with Crippen molar-refractivity contribution in [2.24, 2.45) is 0 Å². The van der Waals surface area contributed by atoms with E-state index >= 15 is 0 Å². The largest absolute Gasteiger partial charge is 0.498 e. The van der Waals surface area contributed by atoms with E-state index in [1.165, 1.54) is 32.1 Å². The molecule has 2 aromatic rings. The van der Waals surface area contributed by atoms with E-state index in [9.17, 15) is 4.79 Å². The summed E-state index contributed by atoms with van der Waals surface area (Å²) in [6, 6.07) is 15.5. The summed E-state index contributed by atoms with van der Waals surface area (Å²) in [6.07, 6.45) is 11.8. The third kappa shape index (κ3) is 9.01. The van der Waals surface area contributed by atoms with Gasteiger partial charge in [-0.2, -0.15) is 0 Å². The van der Waals surface area contributed by atoms with Gasteiger partial charge in [0.05, 0.1) is 19.3 Å². The molecule has 0 spiro atoms. The van der Waals surface area contributed by atoms with Crippen molar-refractivity contribution < 1.29 is 19.0 Å². The van der Waals surface area contributed by atoms with Crippen LogP contribution in [0.4, 0.5) is 0 Å². The zero-order valence-corrected chi connectivity index (χ0v) is 19.5. The lowest BCUT2D eigenvalue weighted by Gasteiger charge is -2.09. The zero-order chi connectivity index (χ0) is 23.0. The summed E-state index contributed by atoms with van der Waals surface area (Å²) in [5, 5.41) is 0. The number of hydrogen-bond donors (Lipinski definition) is 0. The standard InChI is InChI=1S/C28H36O4/c1-4-6-8-9-10-11-21-31-26-19-17-24(18-20-26)23-13-15-25(16-14-23)28(29)32-22-27(30-3)12-7-5-2/h5,12-20H,2,4,6-11,21-22H2,1,3H3/b27-12-. The zero-order valence-electron chi connectivity index (χ0n) is 19.5. The Bertz CT molecular complexity index is 835. The second-order valence-corrected chi connectivity index (χ2v) is 7.69. The van der Waals surface area contributed by atoms with Gasteiger partial charge in [0.2, 0.25) is 0 Å². The van der Waals surface area contributed by atoms with Gasteiger partial charge in [0.1, 0.15) is 18.1 Å². The Kier molecular flexibility index (Phi) is 11.8. The molecule has 0 bridgehead atoms. The highest BCUT2D eigenvalue weighted by molar-refractivity contribution is 5.90. The van der Waals surface area contributed by atoms with Crippen LogP contribution < -0.4 is 4.74 Å². The highest BCUT2D eigenvalue weighted by Crippen LogP contribution is 2.23. The highest BCUT2D eigenvalue weighted by atomic mass is 16.6. The quantitative estimate of drug-likeness (QED) is 0.127. The molecule has 4 nitrogen and oxygen atoms in total. The summed E-state index contributed by atoms with van der Waals surface area (Å²) in [4.78, 5) is 12.3. The monoisotopic (exact) mass is 436 g/mol. The molecule has 32 heavy (non-hydrogen) atoms. The van der Waals surface area contributed by atoms with Gasteiger partial charge in [0, 0.05) is 0 Å². The van der Waals surface area contributed by atoms with Crippen molar-refractivity contribution in [3.05, 3.63) is 78.6 Å². The minimum Gasteiger partial charge on any atom is -0.498 e. The first-order valence-electron chi connectivity index (χ1n) is 11.5. The predicted octanol–water partition coefficient (Wildman–Crippen LogP) is 7.36. The van der Waals surface area contributed by atoms with Crippen LogP contribution in [0, 0.1) is 0 Å². The summed E-state index contributed by atoms with van der Waals surface area (Å²) >= 11 is 0. The first-order valence-corrected chi connectivity index (χ1v) is 11.5. The van der Waals surface area contributed by atoms with Gasteiger partial charge in [-0.3, -0.25) is 0 Å². The summed E-state index contributed by atoms with van der Waals surface area (Å²) in [5.41, 5.74) is 2.62. The van der Waals surface area contributed by atoms with Gasteiger partial charge in [-0.05, 0) is 54.3 Å². The van der Waals surface area contributed by atoms with Crippen LogP contribution in [-0.2, 0) is 9.47 Å². The van der Waals surface area contributed by atoms with Crippen LogP contribution in [0.25, 0.3) is 11.1 Å². The first-order chi connectivity index (χ1) is 15.7. The molecule has 0 unspecified atom stereocenters. The van der Waals surface area contributed by atoms with E-state index in [4.69, 9.17) is 14.2 Å². The van der Waals surface area contributed by atoms with Crippen molar-refractivity contribution in [3.63, 3.8) is 0 Å². The normalized spacial score (nSPS) is 11.1. The maximum Gasteiger partial charge on any atom is 0.338 e. The third-order valence-corrected chi connectivity index (χ3v) is 5.19. The van der Waals surface area contributed by atoms with Gasteiger partial charge >= 0.3 is 5.97 Å². The fraction of sp³-hybridized carbons (Fsp3) is 0.393. The fourth-order valence-corrected chi connectivity index (χ4v) is 3.25. The van der Waals surface area contributed by atoms with E-state index < -0.39 is 0 Å². The molecule has 0 radical (unpaired) electrons. The van der Waals surface area contributed by atoms with Crippen LogP contribution >= 0.6 is 0 Å². The Morgan fingerprint density at radius 3 is 2.16 bits per heavy atom. The molecule has 0 aliphatic heterocycles. The molecule has 0 amide bonds. The van der Waals surface area contributed by atoms with Crippen LogP contribution in [0.1, 0.15) is 62.2 Å². The third-order valence-electron chi connectivity index (χ3n) is 5.19. The van der Waals surface area contributed by atoms with Gasteiger partial charge in [0.15, 0.2) is 0 Å². The second kappa shape index (κ2) is 14.9. The smallest absolute Gasteiger partial charge is 0.338 e.